The molecule has 0 aliphatic rings. The average Bonchev–Trinajstić information content (AvgIpc) is 1.35. The summed E-state index contributed by atoms with van der Waals surface area (Å²) in [7, 11) is 0.923. The smallest absolute Gasteiger partial charge is 0.00284 e. The van der Waals surface area contributed by atoms with Crippen LogP contribution >= 0.6 is 20.3 Å². The van der Waals surface area contributed by atoms with Crippen molar-refractivity contribution in [2.75, 3.05) is 12.0 Å². The van der Waals surface area contributed by atoms with Crippen LogP contribution in [0.5, 0.6) is 0 Å². The van der Waals surface area contributed by atoms with E-state index in [1.54, 1.807) is 10.8 Å². The molecule has 0 aromatic carbocycles. The molecule has 0 saturated carbocycles. The fourth-order valence-electron chi connectivity index (χ4n) is 0.187. The molecule has 1 unspecified atom stereocenters. The van der Waals surface area contributed by atoms with Gasteiger partial charge in [-0.3, -0.25) is 0 Å². The molecule has 1 nitrogen and oxygen atoms in total. The Morgan fingerprint density at radius 2 is 2.33 bits per heavy atom. The molecule has 0 heterocycles. The first-order valence-electron chi connectivity index (χ1n) is 1.83. The molecular formula is C3H9NS2. The monoisotopic (exact) mass is 123 g/mol. The van der Waals surface area contributed by atoms with Crippen molar-refractivity contribution in [3.05, 3.63) is 0 Å². The Hall–Kier alpha value is 0.410. The Kier molecular flexibility index (Phi) is 3.84. The van der Waals surface area contributed by atoms with Crippen molar-refractivity contribution < 1.29 is 0 Å². The lowest BCUT2D eigenvalue weighted by Crippen LogP contribution is -1.53. The van der Waals surface area contributed by atoms with E-state index in [1.807, 2.05) is 13.2 Å². The highest BCUT2D eigenvalue weighted by Crippen LogP contribution is 2.20. The Morgan fingerprint density at radius 3 is 2.33 bits per heavy atom. The molecule has 0 amide bonds. The molecule has 1 atom stereocenters. The molecule has 0 aromatic rings. The molecule has 3 heteroatoms. The lowest BCUT2D eigenvalue weighted by Gasteiger charge is -1.83. The molecule has 0 fully saturated rings. The third kappa shape index (κ3) is 4.41. The van der Waals surface area contributed by atoms with Crippen molar-refractivity contribution in [3.8, 4) is 0 Å². The summed E-state index contributed by atoms with van der Waals surface area (Å²) < 4.78 is 8.58. The van der Waals surface area contributed by atoms with Crippen LogP contribution in [0.25, 0.3) is 0 Å². The minimum absolute atomic E-state index is 0.684. The molecule has 0 aromatic heterocycles. The van der Waals surface area contributed by atoms with Crippen molar-refractivity contribution in [1.29, 1.82) is 4.61 Å². The standard InChI is InChI=1S/C3H9NS2/c1-3-5-6(2)4/h6H,3H2,1-2H3. The van der Waals surface area contributed by atoms with Gasteiger partial charge in [-0.25, -0.2) is 4.61 Å². The van der Waals surface area contributed by atoms with E-state index in [2.05, 4.69) is 0 Å². The second kappa shape index (κ2) is 3.59. The first-order valence-corrected chi connectivity index (χ1v) is 5.16. The SMILES string of the molecule is CCS[SH](C)#N. The van der Waals surface area contributed by atoms with E-state index in [0.717, 1.165) is 5.75 Å². The van der Waals surface area contributed by atoms with Crippen molar-refractivity contribution in [2.24, 2.45) is 0 Å². The van der Waals surface area contributed by atoms with Gasteiger partial charge >= 0.3 is 0 Å². The Balaban J connectivity index is 2.91. The van der Waals surface area contributed by atoms with E-state index in [0.29, 0.717) is 0 Å². The summed E-state index contributed by atoms with van der Waals surface area (Å²) in [6, 6.07) is 0. The predicted octanol–water partition coefficient (Wildman–Crippen LogP) is 1.76. The van der Waals surface area contributed by atoms with Gasteiger partial charge in [0.25, 0.3) is 0 Å². The van der Waals surface area contributed by atoms with Crippen molar-refractivity contribution in [3.63, 3.8) is 0 Å². The van der Waals surface area contributed by atoms with Crippen LogP contribution in [-0.4, -0.2) is 12.0 Å². The van der Waals surface area contributed by atoms with Gasteiger partial charge in [-0.1, -0.05) is 17.7 Å². The molecule has 0 spiro atoms. The maximum Gasteiger partial charge on any atom is 0.00284 e. The second-order valence-corrected chi connectivity index (χ2v) is 5.01. The number of nitrogens with zero attached hydrogens (tertiary/aromatic N) is 1. The van der Waals surface area contributed by atoms with Gasteiger partial charge in [0, 0.05) is 12.0 Å². The number of rotatable bonds is 1. The van der Waals surface area contributed by atoms with Crippen LogP contribution in [0.2, 0.25) is 0 Å². The molecule has 0 rings (SSSR count). The maximum absolute atomic E-state index is 8.58. The lowest BCUT2D eigenvalue weighted by atomic mass is 11.0. The molecule has 0 aliphatic carbocycles. The van der Waals surface area contributed by atoms with Crippen molar-refractivity contribution in [1.82, 2.24) is 0 Å². The summed E-state index contributed by atoms with van der Waals surface area (Å²) in [4.78, 5) is 0. The van der Waals surface area contributed by atoms with Crippen LogP contribution in [0.3, 0.4) is 0 Å². The number of hydrogen-bond acceptors (Lipinski definition) is 2. The van der Waals surface area contributed by atoms with Gasteiger partial charge in [0.1, 0.15) is 0 Å². The van der Waals surface area contributed by atoms with Gasteiger partial charge in [0.05, 0.1) is 0 Å². The fourth-order valence-corrected chi connectivity index (χ4v) is 1.68. The maximum atomic E-state index is 8.58. The fraction of sp³-hybridized carbons (Fsp3) is 1.00. The van der Waals surface area contributed by atoms with E-state index in [1.165, 1.54) is 0 Å². The lowest BCUT2D eigenvalue weighted by molar-refractivity contribution is 1.54. The molecule has 0 aliphatic heterocycles. The zero-order chi connectivity index (χ0) is 4.99. The Bertz CT molecular complexity index is 80.5. The molecule has 0 radical (unpaired) electrons. The minimum Gasteiger partial charge on any atom is -0.223 e. The predicted molar refractivity (Wildman–Crippen MR) is 34.8 cm³/mol. The molecule has 0 N–H and O–H groups in total. The van der Waals surface area contributed by atoms with Crippen LogP contribution in [-0.2, 0) is 0 Å². The molecule has 0 bridgehead atoms. The summed E-state index contributed by atoms with van der Waals surface area (Å²) in [5.74, 6) is 1.03. The Labute approximate surface area is 44.5 Å². The summed E-state index contributed by atoms with van der Waals surface area (Å²) >= 11 is 0. The van der Waals surface area contributed by atoms with Gasteiger partial charge in [-0.2, -0.15) is 0 Å². The third-order valence-corrected chi connectivity index (χ3v) is 2.84. The van der Waals surface area contributed by atoms with Crippen LogP contribution < -0.4 is 0 Å². The minimum atomic E-state index is -0.684. The van der Waals surface area contributed by atoms with Crippen LogP contribution in [0, 0.1) is 4.61 Å². The quantitative estimate of drug-likeness (QED) is 0.424. The highest BCUT2D eigenvalue weighted by Gasteiger charge is 1.74. The van der Waals surface area contributed by atoms with Gasteiger partial charge in [-0.05, 0) is 9.56 Å². The summed E-state index contributed by atoms with van der Waals surface area (Å²) in [5.41, 5.74) is 0. The van der Waals surface area contributed by atoms with Gasteiger partial charge in [0.15, 0.2) is 0 Å². The summed E-state index contributed by atoms with van der Waals surface area (Å²) in [6.45, 7) is 2.04. The van der Waals surface area contributed by atoms with E-state index < -0.39 is 9.56 Å². The first kappa shape index (κ1) is 6.41. The van der Waals surface area contributed by atoms with Crippen LogP contribution in [0.1, 0.15) is 6.92 Å². The largest absolute Gasteiger partial charge is 0.223 e. The number of thiol groups is 1. The Morgan fingerprint density at radius 1 is 1.83 bits per heavy atom. The molecule has 0 saturated heterocycles. The van der Waals surface area contributed by atoms with E-state index in [-0.39, 0.29) is 0 Å². The molecule has 38 valence electrons. The summed E-state index contributed by atoms with van der Waals surface area (Å²) in [5, 5.41) is 0. The normalized spacial score (nSPS) is 14.2. The van der Waals surface area contributed by atoms with E-state index in [4.69, 9.17) is 4.61 Å². The highest BCUT2D eigenvalue weighted by atomic mass is 33.1. The highest BCUT2D eigenvalue weighted by molar-refractivity contribution is 8.78. The van der Waals surface area contributed by atoms with Gasteiger partial charge in [-0.15, -0.1) is 0 Å². The van der Waals surface area contributed by atoms with Crippen molar-refractivity contribution in [2.45, 2.75) is 6.92 Å². The average molecular weight is 123 g/mol. The van der Waals surface area contributed by atoms with Gasteiger partial charge in [0.2, 0.25) is 0 Å². The molecular weight excluding hydrogens is 114 g/mol. The second-order valence-electron chi connectivity index (χ2n) is 0.882. The van der Waals surface area contributed by atoms with Crippen LogP contribution in [0.15, 0.2) is 0 Å². The van der Waals surface area contributed by atoms with Crippen LogP contribution in [0.4, 0.5) is 0 Å². The molecule has 6 heavy (non-hydrogen) atoms. The topological polar surface area (TPSA) is 23.8 Å². The van der Waals surface area contributed by atoms with Gasteiger partial charge < -0.3 is 0 Å². The van der Waals surface area contributed by atoms with E-state index in [9.17, 15) is 0 Å². The zero-order valence-electron chi connectivity index (χ0n) is 4.01. The van der Waals surface area contributed by atoms with E-state index >= 15 is 0 Å². The van der Waals surface area contributed by atoms with Crippen molar-refractivity contribution >= 4 is 20.3 Å². The number of hydrogen-bond donors (Lipinski definition) is 1. The third-order valence-electron chi connectivity index (χ3n) is 0.316. The zero-order valence-corrected chi connectivity index (χ0v) is 5.72. The summed E-state index contributed by atoms with van der Waals surface area (Å²) in [6.07, 6.45) is 1.84. The first-order chi connectivity index (χ1) is 2.77.